The monoisotopic (exact) mass is 220 g/mol. The van der Waals surface area contributed by atoms with Gasteiger partial charge in [-0.25, -0.2) is 4.79 Å². The maximum atomic E-state index is 10.2. The predicted octanol–water partition coefficient (Wildman–Crippen LogP) is 1.55. The summed E-state index contributed by atoms with van der Waals surface area (Å²) in [6.07, 6.45) is 0. The Morgan fingerprint density at radius 2 is 1.81 bits per heavy atom. The zero-order valence-electron chi connectivity index (χ0n) is 8.90. The molecule has 0 aliphatic heterocycles. The van der Waals surface area contributed by atoms with E-state index in [1.807, 2.05) is 0 Å². The minimum Gasteiger partial charge on any atom is -0.482 e. The summed E-state index contributed by atoms with van der Waals surface area (Å²) in [5.74, 6) is 5.65. The van der Waals surface area contributed by atoms with Gasteiger partial charge in [0.15, 0.2) is 6.61 Å². The zero-order valence-corrected chi connectivity index (χ0v) is 8.90. The summed E-state index contributed by atoms with van der Waals surface area (Å²) in [5, 5.41) is 8.41. The van der Waals surface area contributed by atoms with E-state index in [-0.39, 0.29) is 6.61 Å². The highest BCUT2D eigenvalue weighted by Crippen LogP contribution is 2.17. The molecule has 1 rings (SSSR count). The van der Waals surface area contributed by atoms with Crippen molar-refractivity contribution in [1.82, 2.24) is 0 Å². The molecule has 1 N–H and O–H groups in total. The lowest BCUT2D eigenvalue weighted by Gasteiger charge is -2.05. The molecule has 16 heavy (non-hydrogen) atoms. The van der Waals surface area contributed by atoms with Crippen LogP contribution in [0.2, 0.25) is 0 Å². The molecule has 0 spiro atoms. The topological polar surface area (TPSA) is 55.8 Å². The second-order valence-corrected chi connectivity index (χ2v) is 2.87. The molecule has 0 saturated heterocycles. The Balaban J connectivity index is 2.46. The van der Waals surface area contributed by atoms with Gasteiger partial charge in [0.1, 0.15) is 18.1 Å². The van der Waals surface area contributed by atoms with E-state index < -0.39 is 5.97 Å². The van der Waals surface area contributed by atoms with Crippen molar-refractivity contribution in [3.8, 4) is 23.3 Å². The highest BCUT2D eigenvalue weighted by Gasteiger charge is 1.99. The number of hydrogen-bond donors (Lipinski definition) is 1. The number of rotatable bonds is 5. The summed E-state index contributed by atoms with van der Waals surface area (Å²) in [7, 11) is 0. The molecule has 0 aromatic heterocycles. The third-order valence-corrected chi connectivity index (χ3v) is 1.67. The predicted molar refractivity (Wildman–Crippen MR) is 58.5 cm³/mol. The maximum absolute atomic E-state index is 10.2. The van der Waals surface area contributed by atoms with Gasteiger partial charge >= 0.3 is 5.97 Å². The minimum atomic E-state index is -1.00. The number of hydrogen-bond acceptors (Lipinski definition) is 3. The van der Waals surface area contributed by atoms with E-state index in [9.17, 15) is 4.79 Å². The second kappa shape index (κ2) is 6.36. The Hall–Kier alpha value is -2.15. The summed E-state index contributed by atoms with van der Waals surface area (Å²) in [6, 6.07) is 6.71. The fourth-order valence-electron chi connectivity index (χ4n) is 0.969. The molecule has 4 heteroatoms. The van der Waals surface area contributed by atoms with Crippen LogP contribution < -0.4 is 9.47 Å². The summed E-state index contributed by atoms with van der Waals surface area (Å²) >= 11 is 0. The minimum absolute atomic E-state index is 0.339. The molecule has 0 atom stereocenters. The van der Waals surface area contributed by atoms with Crippen molar-refractivity contribution in [2.45, 2.75) is 6.92 Å². The summed E-state index contributed by atoms with van der Waals surface area (Å²) in [5.41, 5.74) is 0. The van der Waals surface area contributed by atoms with Crippen LogP contribution >= 0.6 is 0 Å². The average molecular weight is 220 g/mol. The molecular weight excluding hydrogens is 208 g/mol. The van der Waals surface area contributed by atoms with Gasteiger partial charge in [-0.15, -0.1) is 5.92 Å². The van der Waals surface area contributed by atoms with E-state index in [1.165, 1.54) is 0 Å². The van der Waals surface area contributed by atoms with E-state index in [2.05, 4.69) is 11.8 Å². The standard InChI is InChI=1S/C12H12O4/c1-2-3-8-15-10-4-6-11(7-5-10)16-9-12(13)14/h4-7H,8-9H2,1H3,(H,13,14). The first-order valence-electron chi connectivity index (χ1n) is 4.69. The number of aliphatic carboxylic acids is 1. The van der Waals surface area contributed by atoms with Gasteiger partial charge in [-0.2, -0.15) is 0 Å². The average Bonchev–Trinajstić information content (AvgIpc) is 2.28. The molecular formula is C12H12O4. The number of carbonyl (C=O) groups is 1. The highest BCUT2D eigenvalue weighted by molar-refractivity contribution is 5.68. The maximum Gasteiger partial charge on any atom is 0.341 e. The van der Waals surface area contributed by atoms with E-state index in [0.717, 1.165) is 0 Å². The van der Waals surface area contributed by atoms with Crippen LogP contribution in [0.3, 0.4) is 0 Å². The van der Waals surface area contributed by atoms with Gasteiger partial charge in [0, 0.05) is 0 Å². The van der Waals surface area contributed by atoms with Crippen LogP contribution in [-0.4, -0.2) is 24.3 Å². The lowest BCUT2D eigenvalue weighted by molar-refractivity contribution is -0.139. The molecule has 84 valence electrons. The Morgan fingerprint density at radius 3 is 2.31 bits per heavy atom. The van der Waals surface area contributed by atoms with Crippen molar-refractivity contribution in [3.63, 3.8) is 0 Å². The molecule has 1 aromatic rings. The fraction of sp³-hybridized carbons (Fsp3) is 0.250. The van der Waals surface area contributed by atoms with Gasteiger partial charge in [0.05, 0.1) is 0 Å². The van der Waals surface area contributed by atoms with E-state index in [1.54, 1.807) is 31.2 Å². The third kappa shape index (κ3) is 4.38. The van der Waals surface area contributed by atoms with Crippen LogP contribution in [0.15, 0.2) is 24.3 Å². The SMILES string of the molecule is CC#CCOc1ccc(OCC(=O)O)cc1. The van der Waals surface area contributed by atoms with Gasteiger partial charge in [0.25, 0.3) is 0 Å². The smallest absolute Gasteiger partial charge is 0.341 e. The number of benzene rings is 1. The first-order valence-corrected chi connectivity index (χ1v) is 4.69. The molecule has 0 bridgehead atoms. The van der Waals surface area contributed by atoms with E-state index in [4.69, 9.17) is 14.6 Å². The number of carboxylic acid groups (broad SMARTS) is 1. The van der Waals surface area contributed by atoms with Gasteiger partial charge in [0.2, 0.25) is 0 Å². The van der Waals surface area contributed by atoms with Crippen molar-refractivity contribution in [1.29, 1.82) is 0 Å². The molecule has 0 aliphatic carbocycles. The number of carboxylic acids is 1. The molecule has 0 aliphatic rings. The number of ether oxygens (including phenoxy) is 2. The Bertz CT molecular complexity index is 397. The molecule has 0 saturated carbocycles. The summed E-state index contributed by atoms with van der Waals surface area (Å²) < 4.78 is 10.2. The van der Waals surface area contributed by atoms with Crippen molar-refractivity contribution in [2.75, 3.05) is 13.2 Å². The first-order chi connectivity index (χ1) is 7.72. The van der Waals surface area contributed by atoms with Crippen molar-refractivity contribution in [3.05, 3.63) is 24.3 Å². The third-order valence-electron chi connectivity index (χ3n) is 1.67. The van der Waals surface area contributed by atoms with Crippen molar-refractivity contribution >= 4 is 5.97 Å². The quantitative estimate of drug-likeness (QED) is 0.765. The van der Waals surface area contributed by atoms with Crippen molar-refractivity contribution in [2.24, 2.45) is 0 Å². The molecule has 0 unspecified atom stereocenters. The van der Waals surface area contributed by atoms with Crippen molar-refractivity contribution < 1.29 is 19.4 Å². The summed E-state index contributed by atoms with van der Waals surface area (Å²) in [4.78, 5) is 10.2. The normalized spacial score (nSPS) is 8.81. The molecule has 0 heterocycles. The molecule has 4 nitrogen and oxygen atoms in total. The van der Waals surface area contributed by atoms with E-state index >= 15 is 0 Å². The zero-order chi connectivity index (χ0) is 11.8. The second-order valence-electron chi connectivity index (χ2n) is 2.87. The van der Waals surface area contributed by atoms with E-state index in [0.29, 0.717) is 18.1 Å². The van der Waals surface area contributed by atoms with Crippen LogP contribution in [0.25, 0.3) is 0 Å². The Morgan fingerprint density at radius 1 is 1.25 bits per heavy atom. The van der Waals surface area contributed by atoms with Crippen LogP contribution in [0.1, 0.15) is 6.92 Å². The fourth-order valence-corrected chi connectivity index (χ4v) is 0.969. The van der Waals surface area contributed by atoms with Gasteiger partial charge in [-0.05, 0) is 31.2 Å². The molecule has 0 amide bonds. The van der Waals surface area contributed by atoms with Crippen LogP contribution in [0.5, 0.6) is 11.5 Å². The van der Waals surface area contributed by atoms with Crippen LogP contribution in [0, 0.1) is 11.8 Å². The molecule has 0 fully saturated rings. The van der Waals surface area contributed by atoms with Gasteiger partial charge < -0.3 is 14.6 Å². The summed E-state index contributed by atoms with van der Waals surface area (Å²) in [6.45, 7) is 1.74. The molecule has 1 aromatic carbocycles. The Labute approximate surface area is 93.8 Å². The van der Waals surface area contributed by atoms with Gasteiger partial charge in [-0.3, -0.25) is 0 Å². The van der Waals surface area contributed by atoms with Crippen LogP contribution in [0.4, 0.5) is 0 Å². The highest BCUT2D eigenvalue weighted by atomic mass is 16.5. The first kappa shape index (κ1) is 11.9. The lowest BCUT2D eigenvalue weighted by Crippen LogP contribution is -2.09. The van der Waals surface area contributed by atoms with Crippen LogP contribution in [-0.2, 0) is 4.79 Å². The lowest BCUT2D eigenvalue weighted by atomic mass is 10.3. The Kier molecular flexibility index (Phi) is 4.74. The molecule has 0 radical (unpaired) electrons. The van der Waals surface area contributed by atoms with Gasteiger partial charge in [-0.1, -0.05) is 5.92 Å². The largest absolute Gasteiger partial charge is 0.482 e.